The van der Waals surface area contributed by atoms with E-state index < -0.39 is 17.4 Å². The predicted molar refractivity (Wildman–Crippen MR) is 89.7 cm³/mol. The van der Waals surface area contributed by atoms with Crippen LogP contribution in [0.5, 0.6) is 0 Å². The summed E-state index contributed by atoms with van der Waals surface area (Å²) in [6.07, 6.45) is 3.20. The molecule has 1 unspecified atom stereocenters. The number of pyridine rings is 1. The maximum absolute atomic E-state index is 15.6. The molecule has 24 heavy (non-hydrogen) atoms. The lowest BCUT2D eigenvalue weighted by Crippen LogP contribution is -2.47. The number of rotatable bonds is 2. The molecule has 0 spiro atoms. The SMILES string of the molecule is O=C1Nc2scc(-c3ccncc3)c2C(=O)C1(F)c1ccccc1. The Bertz CT molecular complexity index is 940. The van der Waals surface area contributed by atoms with E-state index in [-0.39, 0.29) is 11.1 Å². The Morgan fingerprint density at radius 2 is 1.75 bits per heavy atom. The first kappa shape index (κ1) is 14.7. The number of ketones is 1. The fraction of sp³-hybridized carbons (Fsp3) is 0.0556. The van der Waals surface area contributed by atoms with Gasteiger partial charge in [-0.15, -0.1) is 11.3 Å². The summed E-state index contributed by atoms with van der Waals surface area (Å²) in [5.41, 5.74) is -1.14. The molecule has 6 heteroatoms. The van der Waals surface area contributed by atoms with Crippen LogP contribution >= 0.6 is 11.3 Å². The number of amides is 1. The van der Waals surface area contributed by atoms with Gasteiger partial charge in [0.25, 0.3) is 11.6 Å². The predicted octanol–water partition coefficient (Wildman–Crippen LogP) is 3.81. The maximum Gasteiger partial charge on any atom is 0.275 e. The zero-order chi connectivity index (χ0) is 16.7. The quantitative estimate of drug-likeness (QED) is 0.723. The number of carbonyl (C=O) groups excluding carboxylic acids is 2. The second-order valence-corrected chi connectivity index (χ2v) is 6.28. The molecule has 1 N–H and O–H groups in total. The molecule has 0 fully saturated rings. The smallest absolute Gasteiger partial charge is 0.275 e. The van der Waals surface area contributed by atoms with E-state index >= 15 is 4.39 Å². The molecule has 0 saturated heterocycles. The van der Waals surface area contributed by atoms with Crippen LogP contribution in [0.25, 0.3) is 11.1 Å². The first-order chi connectivity index (χ1) is 11.6. The number of alkyl halides is 1. The van der Waals surface area contributed by atoms with E-state index in [1.54, 1.807) is 48.1 Å². The number of thiophene rings is 1. The number of Topliss-reactive ketones (excluding diaryl/α,β-unsaturated/α-hetero) is 1. The van der Waals surface area contributed by atoms with Gasteiger partial charge in [0.2, 0.25) is 5.78 Å². The second kappa shape index (κ2) is 5.35. The van der Waals surface area contributed by atoms with E-state index in [2.05, 4.69) is 10.3 Å². The second-order valence-electron chi connectivity index (χ2n) is 5.40. The van der Waals surface area contributed by atoms with Gasteiger partial charge in [0.05, 0.1) is 5.56 Å². The molecule has 4 rings (SSSR count). The number of hydrogen-bond acceptors (Lipinski definition) is 4. The van der Waals surface area contributed by atoms with Crippen LogP contribution in [0, 0.1) is 0 Å². The minimum atomic E-state index is -2.73. The molecule has 1 amide bonds. The van der Waals surface area contributed by atoms with Crippen molar-refractivity contribution in [2.45, 2.75) is 5.67 Å². The number of benzene rings is 1. The highest BCUT2D eigenvalue weighted by Crippen LogP contribution is 2.45. The Hall–Kier alpha value is -2.86. The number of halogens is 1. The van der Waals surface area contributed by atoms with Crippen molar-refractivity contribution in [3.8, 4) is 11.1 Å². The number of hydrogen-bond donors (Lipinski definition) is 1. The van der Waals surface area contributed by atoms with Crippen molar-refractivity contribution in [1.82, 2.24) is 4.98 Å². The molecule has 1 atom stereocenters. The fourth-order valence-electron chi connectivity index (χ4n) is 2.81. The summed E-state index contributed by atoms with van der Waals surface area (Å²) < 4.78 is 15.6. The van der Waals surface area contributed by atoms with Crippen molar-refractivity contribution in [3.05, 3.63) is 71.4 Å². The van der Waals surface area contributed by atoms with Crippen LogP contribution in [0.4, 0.5) is 9.39 Å². The summed E-state index contributed by atoms with van der Waals surface area (Å²) >= 11 is 1.21. The van der Waals surface area contributed by atoms with E-state index in [9.17, 15) is 9.59 Å². The average Bonchev–Trinajstić information content (AvgIpc) is 3.05. The van der Waals surface area contributed by atoms with Crippen LogP contribution in [-0.2, 0) is 10.5 Å². The van der Waals surface area contributed by atoms with Crippen LogP contribution in [0.15, 0.2) is 60.2 Å². The third-order valence-electron chi connectivity index (χ3n) is 4.03. The van der Waals surface area contributed by atoms with E-state index in [4.69, 9.17) is 0 Å². The number of aromatic nitrogens is 1. The van der Waals surface area contributed by atoms with Crippen LogP contribution in [0.2, 0.25) is 0 Å². The van der Waals surface area contributed by atoms with Gasteiger partial charge in [0.1, 0.15) is 5.00 Å². The molecule has 0 saturated carbocycles. The monoisotopic (exact) mass is 338 g/mol. The number of carbonyl (C=O) groups is 2. The Morgan fingerprint density at radius 1 is 1.04 bits per heavy atom. The van der Waals surface area contributed by atoms with E-state index in [0.29, 0.717) is 10.6 Å². The number of nitrogens with one attached hydrogen (secondary N) is 1. The average molecular weight is 338 g/mol. The van der Waals surface area contributed by atoms with Crippen molar-refractivity contribution in [2.24, 2.45) is 0 Å². The molecule has 3 aromatic rings. The van der Waals surface area contributed by atoms with Gasteiger partial charge in [-0.2, -0.15) is 0 Å². The molecule has 4 nitrogen and oxygen atoms in total. The lowest BCUT2D eigenvalue weighted by molar-refractivity contribution is -0.125. The topological polar surface area (TPSA) is 59.1 Å². The van der Waals surface area contributed by atoms with Crippen LogP contribution < -0.4 is 5.32 Å². The van der Waals surface area contributed by atoms with Gasteiger partial charge in [0, 0.05) is 28.9 Å². The van der Waals surface area contributed by atoms with Gasteiger partial charge in [-0.1, -0.05) is 30.3 Å². The normalized spacial score (nSPS) is 19.7. The van der Waals surface area contributed by atoms with E-state index in [0.717, 1.165) is 5.56 Å². The standard InChI is InChI=1S/C18H11FN2O2S/c19-18(12-4-2-1-3-5-12)15(22)14-13(11-6-8-20-9-7-11)10-24-16(14)21-17(18)23/h1-10H,(H,21,23). The third kappa shape index (κ3) is 2.00. The highest BCUT2D eigenvalue weighted by Gasteiger charge is 2.53. The van der Waals surface area contributed by atoms with Gasteiger partial charge in [0.15, 0.2) is 0 Å². The van der Waals surface area contributed by atoms with Gasteiger partial charge in [-0.25, -0.2) is 4.39 Å². The third-order valence-corrected chi connectivity index (χ3v) is 4.93. The van der Waals surface area contributed by atoms with Crippen molar-refractivity contribution >= 4 is 28.0 Å². The molecular formula is C18H11FN2O2S. The molecule has 1 aliphatic rings. The summed E-state index contributed by atoms with van der Waals surface area (Å²) in [6, 6.07) is 11.3. The highest BCUT2D eigenvalue weighted by atomic mass is 32.1. The van der Waals surface area contributed by atoms with Gasteiger partial charge < -0.3 is 5.32 Å². The lowest BCUT2D eigenvalue weighted by atomic mass is 9.83. The Labute approximate surface area is 141 Å². The Balaban J connectivity index is 1.90. The number of fused-ring (bicyclic) bond motifs is 1. The van der Waals surface area contributed by atoms with Crippen molar-refractivity contribution in [3.63, 3.8) is 0 Å². The van der Waals surface area contributed by atoms with Gasteiger partial charge in [-0.3, -0.25) is 14.6 Å². The molecule has 0 aliphatic carbocycles. The lowest BCUT2D eigenvalue weighted by Gasteiger charge is -2.28. The first-order valence-electron chi connectivity index (χ1n) is 7.25. The molecule has 1 aliphatic heterocycles. The van der Waals surface area contributed by atoms with Crippen LogP contribution in [0.3, 0.4) is 0 Å². The minimum absolute atomic E-state index is 0.0324. The molecule has 3 heterocycles. The van der Waals surface area contributed by atoms with Crippen molar-refractivity contribution in [1.29, 1.82) is 0 Å². The first-order valence-corrected chi connectivity index (χ1v) is 8.13. The minimum Gasteiger partial charge on any atom is -0.314 e. The zero-order valence-electron chi connectivity index (χ0n) is 12.3. The summed E-state index contributed by atoms with van der Waals surface area (Å²) in [5, 5.41) is 4.66. The van der Waals surface area contributed by atoms with Crippen molar-refractivity contribution < 1.29 is 14.0 Å². The van der Waals surface area contributed by atoms with Gasteiger partial charge in [-0.05, 0) is 17.7 Å². The molecule has 0 bridgehead atoms. The van der Waals surface area contributed by atoms with Crippen LogP contribution in [-0.4, -0.2) is 16.7 Å². The Kier molecular flexibility index (Phi) is 3.28. The van der Waals surface area contributed by atoms with E-state index in [1.165, 1.54) is 23.5 Å². The molecule has 2 aromatic heterocycles. The Morgan fingerprint density at radius 3 is 2.46 bits per heavy atom. The molecular weight excluding hydrogens is 327 g/mol. The van der Waals surface area contributed by atoms with E-state index in [1.807, 2.05) is 0 Å². The summed E-state index contributed by atoms with van der Waals surface area (Å²) in [4.78, 5) is 29.2. The molecule has 1 aromatic carbocycles. The summed E-state index contributed by atoms with van der Waals surface area (Å²) in [7, 11) is 0. The van der Waals surface area contributed by atoms with Crippen LogP contribution in [0.1, 0.15) is 15.9 Å². The van der Waals surface area contributed by atoms with Crippen molar-refractivity contribution in [2.75, 3.05) is 5.32 Å². The summed E-state index contributed by atoms with van der Waals surface area (Å²) in [6.45, 7) is 0. The largest absolute Gasteiger partial charge is 0.314 e. The number of nitrogens with zero attached hydrogens (tertiary/aromatic N) is 1. The molecule has 0 radical (unpaired) electrons. The number of anilines is 1. The molecule has 118 valence electrons. The highest BCUT2D eigenvalue weighted by molar-refractivity contribution is 7.15. The maximum atomic E-state index is 15.6. The summed E-state index contributed by atoms with van der Waals surface area (Å²) in [5.74, 6) is -1.78. The fourth-order valence-corrected chi connectivity index (χ4v) is 3.78. The van der Waals surface area contributed by atoms with Gasteiger partial charge >= 0.3 is 0 Å². The zero-order valence-corrected chi connectivity index (χ0v) is 13.1.